The number of aliphatic imine (C=N–C) groups is 1. The topological polar surface area (TPSA) is 12.4 Å². The molecule has 0 saturated carbocycles. The van der Waals surface area contributed by atoms with Crippen LogP contribution in [0.1, 0.15) is 41.5 Å². The van der Waals surface area contributed by atoms with E-state index in [1.54, 1.807) is 0 Å². The second-order valence-corrected chi connectivity index (χ2v) is 5.25. The lowest BCUT2D eigenvalue weighted by atomic mass is 9.95. The van der Waals surface area contributed by atoms with E-state index in [-0.39, 0.29) is 0 Å². The number of hydrogen-bond donors (Lipinski definition) is 0. The van der Waals surface area contributed by atoms with Crippen LogP contribution in [-0.2, 0) is 0 Å². The summed E-state index contributed by atoms with van der Waals surface area (Å²) in [5.74, 6) is 1.26. The Bertz CT molecular complexity index is 327. The molecule has 0 radical (unpaired) electrons. The fraction of sp³-hybridized carbons (Fsp3) is 0.562. The second-order valence-electron chi connectivity index (χ2n) is 5.25. The van der Waals surface area contributed by atoms with Gasteiger partial charge in [0, 0.05) is 11.4 Å². The molecule has 0 N–H and O–H groups in total. The minimum atomic E-state index is 0.402. The van der Waals surface area contributed by atoms with E-state index in [0.29, 0.717) is 17.8 Å². The average Bonchev–Trinajstić information content (AvgIpc) is 2.22. The lowest BCUT2D eigenvalue weighted by molar-refractivity contribution is 0.695. The van der Waals surface area contributed by atoms with Crippen LogP contribution in [0.2, 0.25) is 0 Å². The highest BCUT2D eigenvalue weighted by Gasteiger charge is 2.12. The van der Waals surface area contributed by atoms with Crippen LogP contribution in [0.25, 0.3) is 0 Å². The van der Waals surface area contributed by atoms with E-state index in [1.807, 2.05) is 12.2 Å². The molecule has 0 saturated heterocycles. The third-order valence-electron chi connectivity index (χ3n) is 2.73. The predicted octanol–water partition coefficient (Wildman–Crippen LogP) is 5.02. The SMILES string of the molecule is C=C/C(=N\C(=C(/C=C)C(C)C)C(C)C)C(C)C. The molecule has 0 aliphatic carbocycles. The second kappa shape index (κ2) is 7.26. The molecule has 0 aromatic heterocycles. The van der Waals surface area contributed by atoms with Crippen LogP contribution >= 0.6 is 0 Å². The van der Waals surface area contributed by atoms with E-state index < -0.39 is 0 Å². The molecule has 1 heteroatoms. The van der Waals surface area contributed by atoms with Crippen LogP contribution in [0.5, 0.6) is 0 Å². The third kappa shape index (κ3) is 4.72. The van der Waals surface area contributed by atoms with Gasteiger partial charge in [-0.15, -0.1) is 0 Å². The number of nitrogens with zero attached hydrogens (tertiary/aromatic N) is 1. The summed E-state index contributed by atoms with van der Waals surface area (Å²) in [6.07, 6.45) is 3.79. The van der Waals surface area contributed by atoms with E-state index in [0.717, 1.165) is 11.4 Å². The number of rotatable bonds is 6. The number of allylic oxidation sites excluding steroid dienone is 4. The van der Waals surface area contributed by atoms with Crippen molar-refractivity contribution in [3.05, 3.63) is 36.6 Å². The zero-order valence-corrected chi connectivity index (χ0v) is 12.2. The standard InChI is InChI=1S/C16H27N/c1-9-14(11(3)4)16(13(7)8)17-15(10-2)12(5)6/h9-13H,1-2H2,3-8H3/b16-14+,17-15+. The van der Waals surface area contributed by atoms with Crippen LogP contribution in [0, 0.1) is 17.8 Å². The molecule has 0 amide bonds. The first-order valence-electron chi connectivity index (χ1n) is 6.42. The summed E-state index contributed by atoms with van der Waals surface area (Å²) in [4.78, 5) is 4.79. The van der Waals surface area contributed by atoms with Gasteiger partial charge in [0.1, 0.15) is 0 Å². The fourth-order valence-electron chi connectivity index (χ4n) is 1.71. The minimum Gasteiger partial charge on any atom is -0.257 e. The third-order valence-corrected chi connectivity index (χ3v) is 2.73. The molecule has 0 rings (SSSR count). The molecule has 0 bridgehead atoms. The van der Waals surface area contributed by atoms with E-state index in [1.165, 1.54) is 5.57 Å². The Morgan fingerprint density at radius 2 is 1.35 bits per heavy atom. The first-order chi connectivity index (χ1) is 7.84. The Kier molecular flexibility index (Phi) is 6.79. The normalized spacial score (nSPS) is 14.3. The molecular weight excluding hydrogens is 206 g/mol. The maximum Gasteiger partial charge on any atom is 0.0466 e. The van der Waals surface area contributed by atoms with E-state index in [2.05, 4.69) is 54.7 Å². The summed E-state index contributed by atoms with van der Waals surface area (Å²) < 4.78 is 0. The summed E-state index contributed by atoms with van der Waals surface area (Å²) in [7, 11) is 0. The van der Waals surface area contributed by atoms with Crippen molar-refractivity contribution in [2.24, 2.45) is 22.7 Å². The summed E-state index contributed by atoms with van der Waals surface area (Å²) in [5, 5.41) is 0. The Labute approximate surface area is 107 Å². The lowest BCUT2D eigenvalue weighted by Gasteiger charge is -2.17. The van der Waals surface area contributed by atoms with Crippen molar-refractivity contribution in [1.29, 1.82) is 0 Å². The van der Waals surface area contributed by atoms with Crippen LogP contribution in [0.3, 0.4) is 0 Å². The molecule has 0 aliphatic rings. The summed E-state index contributed by atoms with van der Waals surface area (Å²) in [6.45, 7) is 20.7. The van der Waals surface area contributed by atoms with Gasteiger partial charge in [-0.05, 0) is 29.4 Å². The molecule has 0 aliphatic heterocycles. The van der Waals surface area contributed by atoms with Crippen molar-refractivity contribution in [2.75, 3.05) is 0 Å². The van der Waals surface area contributed by atoms with Gasteiger partial charge in [0.2, 0.25) is 0 Å². The van der Waals surface area contributed by atoms with Crippen molar-refractivity contribution in [3.63, 3.8) is 0 Å². The van der Waals surface area contributed by atoms with Crippen molar-refractivity contribution < 1.29 is 0 Å². The maximum absolute atomic E-state index is 4.79. The summed E-state index contributed by atoms with van der Waals surface area (Å²) in [6, 6.07) is 0. The monoisotopic (exact) mass is 233 g/mol. The quantitative estimate of drug-likeness (QED) is 0.451. The Morgan fingerprint density at radius 1 is 0.824 bits per heavy atom. The van der Waals surface area contributed by atoms with Gasteiger partial charge in [-0.1, -0.05) is 60.8 Å². The number of hydrogen-bond acceptors (Lipinski definition) is 1. The molecule has 0 atom stereocenters. The maximum atomic E-state index is 4.79. The first kappa shape index (κ1) is 15.9. The lowest BCUT2D eigenvalue weighted by Crippen LogP contribution is -2.08. The van der Waals surface area contributed by atoms with Gasteiger partial charge in [-0.2, -0.15) is 0 Å². The molecule has 1 nitrogen and oxygen atoms in total. The average molecular weight is 233 g/mol. The molecule has 0 aromatic carbocycles. The van der Waals surface area contributed by atoms with E-state index in [9.17, 15) is 0 Å². The van der Waals surface area contributed by atoms with E-state index >= 15 is 0 Å². The van der Waals surface area contributed by atoms with Crippen molar-refractivity contribution in [3.8, 4) is 0 Å². The van der Waals surface area contributed by atoms with Gasteiger partial charge in [0.15, 0.2) is 0 Å². The fourth-order valence-corrected chi connectivity index (χ4v) is 1.71. The highest BCUT2D eigenvalue weighted by molar-refractivity contribution is 5.96. The minimum absolute atomic E-state index is 0.402. The summed E-state index contributed by atoms with van der Waals surface area (Å²) >= 11 is 0. The highest BCUT2D eigenvalue weighted by atomic mass is 14.8. The molecule has 96 valence electrons. The van der Waals surface area contributed by atoms with Crippen molar-refractivity contribution in [2.45, 2.75) is 41.5 Å². The van der Waals surface area contributed by atoms with Crippen molar-refractivity contribution in [1.82, 2.24) is 0 Å². The Balaban J connectivity index is 5.68. The Hall–Kier alpha value is -1.11. The molecule has 17 heavy (non-hydrogen) atoms. The molecule has 0 fully saturated rings. The van der Waals surface area contributed by atoms with Gasteiger partial charge < -0.3 is 0 Å². The molecule has 0 heterocycles. The van der Waals surface area contributed by atoms with Crippen LogP contribution in [0.4, 0.5) is 0 Å². The van der Waals surface area contributed by atoms with Gasteiger partial charge in [-0.3, -0.25) is 4.99 Å². The summed E-state index contributed by atoms with van der Waals surface area (Å²) in [5.41, 5.74) is 3.42. The van der Waals surface area contributed by atoms with Crippen LogP contribution in [0.15, 0.2) is 41.6 Å². The zero-order valence-electron chi connectivity index (χ0n) is 12.2. The van der Waals surface area contributed by atoms with Crippen molar-refractivity contribution >= 4 is 5.71 Å². The van der Waals surface area contributed by atoms with Crippen LogP contribution in [-0.4, -0.2) is 5.71 Å². The first-order valence-corrected chi connectivity index (χ1v) is 6.42. The van der Waals surface area contributed by atoms with Gasteiger partial charge >= 0.3 is 0 Å². The largest absolute Gasteiger partial charge is 0.257 e. The van der Waals surface area contributed by atoms with Gasteiger partial charge in [0.25, 0.3) is 0 Å². The zero-order chi connectivity index (χ0) is 13.6. The molecule has 0 unspecified atom stereocenters. The van der Waals surface area contributed by atoms with Gasteiger partial charge in [-0.25, -0.2) is 0 Å². The smallest absolute Gasteiger partial charge is 0.0466 e. The molecule has 0 aromatic rings. The van der Waals surface area contributed by atoms with Crippen LogP contribution < -0.4 is 0 Å². The molecular formula is C16H27N. The molecule has 0 spiro atoms. The van der Waals surface area contributed by atoms with Gasteiger partial charge in [0.05, 0.1) is 0 Å². The highest BCUT2D eigenvalue weighted by Crippen LogP contribution is 2.24. The Morgan fingerprint density at radius 3 is 1.59 bits per heavy atom. The predicted molar refractivity (Wildman–Crippen MR) is 79.4 cm³/mol. The van der Waals surface area contributed by atoms with E-state index in [4.69, 9.17) is 4.99 Å².